The third-order valence-corrected chi connectivity index (χ3v) is 5.27. The monoisotopic (exact) mass is 379 g/mol. The Bertz CT molecular complexity index is 966. The first-order valence-corrected chi connectivity index (χ1v) is 9.73. The van der Waals surface area contributed by atoms with Gasteiger partial charge in [0.05, 0.1) is 5.56 Å². The molecule has 28 heavy (non-hydrogen) atoms. The number of likely N-dealkylation sites (tertiary alicyclic amines) is 1. The van der Waals surface area contributed by atoms with Crippen LogP contribution in [-0.4, -0.2) is 55.3 Å². The lowest BCUT2D eigenvalue weighted by Gasteiger charge is -2.33. The van der Waals surface area contributed by atoms with Crippen molar-refractivity contribution in [2.24, 2.45) is 0 Å². The highest BCUT2D eigenvalue weighted by molar-refractivity contribution is 5.60. The number of pyridine rings is 1. The van der Waals surface area contributed by atoms with Crippen LogP contribution < -0.4 is 10.9 Å². The summed E-state index contributed by atoms with van der Waals surface area (Å²) in [5.41, 5.74) is 1.16. The minimum atomic E-state index is -0.167. The van der Waals surface area contributed by atoms with E-state index in [4.69, 9.17) is 0 Å². The number of piperidine rings is 1. The minimum absolute atomic E-state index is 0.167. The number of aromatic nitrogens is 5. The molecule has 3 aromatic heterocycles. The molecular weight excluding hydrogens is 354 g/mol. The van der Waals surface area contributed by atoms with Gasteiger partial charge in [-0.05, 0) is 32.4 Å². The van der Waals surface area contributed by atoms with Gasteiger partial charge in [-0.2, -0.15) is 0 Å². The maximum absolute atomic E-state index is 12.8. The molecule has 0 bridgehead atoms. The fourth-order valence-corrected chi connectivity index (χ4v) is 3.65. The highest BCUT2D eigenvalue weighted by Crippen LogP contribution is 2.16. The molecule has 1 fully saturated rings. The Hall–Kier alpha value is -3.00. The van der Waals surface area contributed by atoms with Gasteiger partial charge in [0.2, 0.25) is 0 Å². The molecule has 0 saturated carbocycles. The van der Waals surface area contributed by atoms with Crippen molar-refractivity contribution in [3.05, 3.63) is 53.5 Å². The molecule has 8 heteroatoms. The second kappa shape index (κ2) is 8.35. The van der Waals surface area contributed by atoms with Gasteiger partial charge >= 0.3 is 0 Å². The van der Waals surface area contributed by atoms with Crippen LogP contribution in [0.3, 0.4) is 0 Å². The zero-order valence-corrected chi connectivity index (χ0v) is 16.0. The molecular formula is C20H25N7O. The van der Waals surface area contributed by atoms with E-state index in [0.29, 0.717) is 23.2 Å². The number of anilines is 1. The van der Waals surface area contributed by atoms with Crippen molar-refractivity contribution in [3.8, 4) is 16.9 Å². The van der Waals surface area contributed by atoms with E-state index in [1.807, 2.05) is 12.1 Å². The zero-order chi connectivity index (χ0) is 19.3. The van der Waals surface area contributed by atoms with Crippen LogP contribution in [0.1, 0.15) is 26.2 Å². The maximum atomic E-state index is 12.8. The lowest BCUT2D eigenvalue weighted by atomic mass is 10.0. The topological polar surface area (TPSA) is 91.7 Å². The lowest BCUT2D eigenvalue weighted by Crippen LogP contribution is -2.40. The van der Waals surface area contributed by atoms with Gasteiger partial charge < -0.3 is 5.32 Å². The van der Waals surface area contributed by atoms with Crippen LogP contribution in [0.2, 0.25) is 0 Å². The molecule has 0 amide bonds. The number of rotatable bonds is 6. The van der Waals surface area contributed by atoms with Crippen molar-refractivity contribution in [1.82, 2.24) is 29.6 Å². The first-order valence-electron chi connectivity index (χ1n) is 9.73. The number of hydrogen-bond acceptors (Lipinski definition) is 6. The number of nitrogens with zero attached hydrogens (tertiary/aromatic N) is 5. The molecule has 0 radical (unpaired) electrons. The summed E-state index contributed by atoms with van der Waals surface area (Å²) in [6.45, 7) is 5.24. The first-order chi connectivity index (χ1) is 13.7. The Morgan fingerprint density at radius 3 is 3.07 bits per heavy atom. The molecule has 1 aliphatic rings. The zero-order valence-electron chi connectivity index (χ0n) is 16.0. The predicted molar refractivity (Wildman–Crippen MR) is 109 cm³/mol. The third-order valence-electron chi connectivity index (χ3n) is 5.27. The molecule has 4 rings (SSSR count). The molecule has 4 heterocycles. The molecule has 1 aliphatic heterocycles. The van der Waals surface area contributed by atoms with Crippen LogP contribution in [0.4, 0.5) is 5.82 Å². The van der Waals surface area contributed by atoms with Crippen LogP contribution in [0.25, 0.3) is 16.9 Å². The molecule has 1 atom stereocenters. The van der Waals surface area contributed by atoms with Crippen molar-refractivity contribution in [3.63, 3.8) is 0 Å². The summed E-state index contributed by atoms with van der Waals surface area (Å²) in [4.78, 5) is 27.9. The smallest absolute Gasteiger partial charge is 0.280 e. The van der Waals surface area contributed by atoms with Gasteiger partial charge in [-0.3, -0.25) is 19.8 Å². The Kier molecular flexibility index (Phi) is 5.48. The van der Waals surface area contributed by atoms with E-state index in [0.717, 1.165) is 25.2 Å². The summed E-state index contributed by atoms with van der Waals surface area (Å²) in [5.74, 6) is 1.21. The quantitative estimate of drug-likeness (QED) is 0.683. The average molecular weight is 379 g/mol. The standard InChI is InChI=1S/C20H25N7O/c1-15-5-2-3-9-26(15)10-8-22-18-11-19(24-14-23-18)27-20(28)17(13-25-27)16-6-4-7-21-12-16/h4,6-7,11-15,25H,2-3,5,8-10H2,1H3,(H,22,23,24). The molecule has 8 nitrogen and oxygen atoms in total. The van der Waals surface area contributed by atoms with E-state index in [1.54, 1.807) is 24.7 Å². The molecule has 0 aliphatic carbocycles. The fraction of sp³-hybridized carbons (Fsp3) is 0.400. The van der Waals surface area contributed by atoms with Crippen molar-refractivity contribution in [2.45, 2.75) is 32.2 Å². The molecule has 1 saturated heterocycles. The van der Waals surface area contributed by atoms with Crippen molar-refractivity contribution < 1.29 is 0 Å². The van der Waals surface area contributed by atoms with Gasteiger partial charge in [-0.15, -0.1) is 0 Å². The van der Waals surface area contributed by atoms with Gasteiger partial charge in [-0.1, -0.05) is 12.5 Å². The van der Waals surface area contributed by atoms with E-state index >= 15 is 0 Å². The Labute approximate surface area is 163 Å². The van der Waals surface area contributed by atoms with Crippen LogP contribution in [-0.2, 0) is 0 Å². The summed E-state index contributed by atoms with van der Waals surface area (Å²) in [6, 6.07) is 6.09. The second-order valence-electron chi connectivity index (χ2n) is 7.14. The van der Waals surface area contributed by atoms with Crippen LogP contribution >= 0.6 is 0 Å². The summed E-state index contributed by atoms with van der Waals surface area (Å²) in [5, 5.41) is 6.33. The van der Waals surface area contributed by atoms with E-state index in [-0.39, 0.29) is 5.56 Å². The fourth-order valence-electron chi connectivity index (χ4n) is 3.65. The van der Waals surface area contributed by atoms with Gasteiger partial charge in [0.1, 0.15) is 12.1 Å². The molecule has 146 valence electrons. The lowest BCUT2D eigenvalue weighted by molar-refractivity contribution is 0.167. The highest BCUT2D eigenvalue weighted by atomic mass is 16.1. The second-order valence-corrected chi connectivity index (χ2v) is 7.14. The number of H-pyrrole nitrogens is 1. The van der Waals surface area contributed by atoms with Gasteiger partial charge in [0, 0.05) is 49.4 Å². The molecule has 0 aromatic carbocycles. The average Bonchev–Trinajstić information content (AvgIpc) is 3.12. The van der Waals surface area contributed by atoms with Gasteiger partial charge in [0.25, 0.3) is 5.56 Å². The number of hydrogen-bond donors (Lipinski definition) is 2. The summed E-state index contributed by atoms with van der Waals surface area (Å²) < 4.78 is 1.42. The first kappa shape index (κ1) is 18.4. The van der Waals surface area contributed by atoms with Crippen molar-refractivity contribution in [1.29, 1.82) is 0 Å². The van der Waals surface area contributed by atoms with E-state index < -0.39 is 0 Å². The van der Waals surface area contributed by atoms with Crippen LogP contribution in [0, 0.1) is 0 Å². The minimum Gasteiger partial charge on any atom is -0.369 e. The summed E-state index contributed by atoms with van der Waals surface area (Å²) in [7, 11) is 0. The molecule has 3 aromatic rings. The maximum Gasteiger partial charge on any atom is 0.280 e. The van der Waals surface area contributed by atoms with Crippen LogP contribution in [0.5, 0.6) is 0 Å². The van der Waals surface area contributed by atoms with Crippen LogP contribution in [0.15, 0.2) is 47.9 Å². The molecule has 1 unspecified atom stereocenters. The molecule has 2 N–H and O–H groups in total. The number of aromatic amines is 1. The van der Waals surface area contributed by atoms with E-state index in [1.165, 1.54) is 30.3 Å². The Balaban J connectivity index is 1.45. The normalized spacial score (nSPS) is 17.5. The SMILES string of the molecule is CC1CCCCN1CCNc1cc(-n2[nH]cc(-c3cccnc3)c2=O)ncn1. The van der Waals surface area contributed by atoms with Gasteiger partial charge in [-0.25, -0.2) is 14.6 Å². The van der Waals surface area contributed by atoms with E-state index in [9.17, 15) is 4.79 Å². The largest absolute Gasteiger partial charge is 0.369 e. The Morgan fingerprint density at radius 1 is 1.32 bits per heavy atom. The van der Waals surface area contributed by atoms with Gasteiger partial charge in [0.15, 0.2) is 5.82 Å². The molecule has 0 spiro atoms. The third kappa shape index (κ3) is 3.96. The van der Waals surface area contributed by atoms with Crippen molar-refractivity contribution in [2.75, 3.05) is 25.0 Å². The van der Waals surface area contributed by atoms with E-state index in [2.05, 4.69) is 37.2 Å². The predicted octanol–water partition coefficient (Wildman–Crippen LogP) is 2.30. The summed E-state index contributed by atoms with van der Waals surface area (Å²) in [6.07, 6.45) is 10.4. The highest BCUT2D eigenvalue weighted by Gasteiger charge is 2.17. The Morgan fingerprint density at radius 2 is 2.25 bits per heavy atom. The van der Waals surface area contributed by atoms with Crippen molar-refractivity contribution >= 4 is 5.82 Å². The number of nitrogens with one attached hydrogen (secondary N) is 2. The summed E-state index contributed by atoms with van der Waals surface area (Å²) >= 11 is 0.